The third-order valence-corrected chi connectivity index (χ3v) is 8.71. The number of aryl methyl sites for hydroxylation is 3. The number of benzene rings is 3. The van der Waals surface area contributed by atoms with E-state index in [0.717, 1.165) is 53.6 Å². The van der Waals surface area contributed by atoms with Crippen molar-refractivity contribution in [1.29, 1.82) is 0 Å². The maximum Gasteiger partial charge on any atom is 0.309 e. The minimum absolute atomic E-state index is 0.0922. The Morgan fingerprint density at radius 3 is 2.26 bits per heavy atom. The number of aliphatic carboxylic acids is 1. The average Bonchev–Trinajstić information content (AvgIpc) is 3.62. The first-order chi connectivity index (χ1) is 20.4. The van der Waals surface area contributed by atoms with E-state index in [-0.39, 0.29) is 25.2 Å². The number of unbranched alkanes of at least 4 members (excludes halogenated alkanes) is 2. The van der Waals surface area contributed by atoms with E-state index >= 15 is 0 Å². The summed E-state index contributed by atoms with van der Waals surface area (Å²) in [5.74, 6) is -0.781. The first kappa shape index (κ1) is 29.6. The number of hydrogen-bond acceptors (Lipinski definition) is 5. The molecule has 2 aliphatic rings. The predicted octanol–water partition coefficient (Wildman–Crippen LogP) is 6.75. The van der Waals surface area contributed by atoms with Crippen molar-refractivity contribution in [3.63, 3.8) is 0 Å². The maximum absolute atomic E-state index is 13.6. The van der Waals surface area contributed by atoms with Crippen LogP contribution in [-0.4, -0.2) is 41.8 Å². The molecule has 5 rings (SSSR count). The van der Waals surface area contributed by atoms with Gasteiger partial charge in [0.1, 0.15) is 0 Å². The van der Waals surface area contributed by atoms with Gasteiger partial charge in [-0.05, 0) is 65.6 Å². The molecule has 3 atom stereocenters. The molecule has 0 aromatic heterocycles. The number of para-hydroxylation sites is 1. The third kappa shape index (κ3) is 6.31. The van der Waals surface area contributed by atoms with E-state index in [1.165, 1.54) is 18.4 Å². The van der Waals surface area contributed by atoms with Gasteiger partial charge in [-0.25, -0.2) is 0 Å². The van der Waals surface area contributed by atoms with Crippen molar-refractivity contribution in [3.8, 4) is 11.5 Å². The highest BCUT2D eigenvalue weighted by molar-refractivity contribution is 5.94. The van der Waals surface area contributed by atoms with Gasteiger partial charge in [0.25, 0.3) is 0 Å². The van der Waals surface area contributed by atoms with E-state index in [2.05, 4.69) is 50.4 Å². The molecule has 222 valence electrons. The molecule has 7 heteroatoms. The molecule has 42 heavy (non-hydrogen) atoms. The van der Waals surface area contributed by atoms with Crippen molar-refractivity contribution in [2.24, 2.45) is 5.92 Å². The van der Waals surface area contributed by atoms with E-state index < -0.39 is 17.9 Å². The molecule has 2 N–H and O–H groups in total. The molecule has 0 saturated carbocycles. The number of fused-ring (bicyclic) bond motifs is 1. The number of anilines is 1. The molecule has 0 aliphatic carbocycles. The van der Waals surface area contributed by atoms with Crippen LogP contribution in [-0.2, 0) is 28.9 Å². The largest absolute Gasteiger partial charge is 0.481 e. The summed E-state index contributed by atoms with van der Waals surface area (Å²) in [6.07, 6.45) is 6.12. The summed E-state index contributed by atoms with van der Waals surface area (Å²) in [4.78, 5) is 28.6. The number of carbonyl (C=O) groups excluding carboxylic acids is 1. The second-order valence-corrected chi connectivity index (χ2v) is 11.4. The number of hydrogen-bond donors (Lipinski definition) is 2. The SMILES string of the molecule is CCCCCc1ccc([C@H]2[C@H](C(=O)O)[C@@H](c3ccc4c(c3)OCO4)CN2CC(=O)Nc2c(CC)cccc2CC)cc1. The van der Waals surface area contributed by atoms with Gasteiger partial charge < -0.3 is 19.9 Å². The Kier molecular flexibility index (Phi) is 9.48. The highest BCUT2D eigenvalue weighted by Crippen LogP contribution is 2.47. The van der Waals surface area contributed by atoms with Crippen LogP contribution in [0.1, 0.15) is 79.8 Å². The number of rotatable bonds is 12. The zero-order valence-corrected chi connectivity index (χ0v) is 24.9. The van der Waals surface area contributed by atoms with Crippen LogP contribution >= 0.6 is 0 Å². The van der Waals surface area contributed by atoms with Crippen LogP contribution in [0.25, 0.3) is 0 Å². The summed E-state index contributed by atoms with van der Waals surface area (Å²) in [6, 6.07) is 19.7. The van der Waals surface area contributed by atoms with Gasteiger partial charge in [-0.1, -0.05) is 82.1 Å². The molecule has 3 aromatic rings. The molecular formula is C35H42N2O5. The van der Waals surface area contributed by atoms with Crippen LogP contribution in [0.2, 0.25) is 0 Å². The first-order valence-electron chi connectivity index (χ1n) is 15.3. The van der Waals surface area contributed by atoms with Crippen molar-refractivity contribution < 1.29 is 24.2 Å². The molecular weight excluding hydrogens is 528 g/mol. The van der Waals surface area contributed by atoms with Crippen molar-refractivity contribution in [2.45, 2.75) is 71.3 Å². The number of nitrogens with one attached hydrogen (secondary N) is 1. The van der Waals surface area contributed by atoms with Crippen molar-refractivity contribution >= 4 is 17.6 Å². The average molecular weight is 571 g/mol. The molecule has 0 bridgehead atoms. The number of carbonyl (C=O) groups is 2. The zero-order valence-electron chi connectivity index (χ0n) is 24.9. The van der Waals surface area contributed by atoms with Crippen LogP contribution in [0.3, 0.4) is 0 Å². The van der Waals surface area contributed by atoms with E-state index in [9.17, 15) is 14.7 Å². The summed E-state index contributed by atoms with van der Waals surface area (Å²) in [5.41, 5.74) is 6.11. The highest BCUT2D eigenvalue weighted by atomic mass is 16.7. The van der Waals surface area contributed by atoms with Crippen molar-refractivity contribution in [3.05, 3.63) is 88.5 Å². The summed E-state index contributed by atoms with van der Waals surface area (Å²) in [5, 5.41) is 13.8. The zero-order chi connectivity index (χ0) is 29.6. The molecule has 2 heterocycles. The van der Waals surface area contributed by atoms with Gasteiger partial charge in [-0.15, -0.1) is 0 Å². The lowest BCUT2D eigenvalue weighted by Gasteiger charge is -2.27. The Bertz CT molecular complexity index is 1380. The third-order valence-electron chi connectivity index (χ3n) is 8.71. The molecule has 1 amide bonds. The second-order valence-electron chi connectivity index (χ2n) is 11.4. The number of ether oxygens (including phenoxy) is 2. The molecule has 0 radical (unpaired) electrons. The van der Waals surface area contributed by atoms with Crippen LogP contribution in [0, 0.1) is 5.92 Å². The Morgan fingerprint density at radius 2 is 1.60 bits per heavy atom. The fourth-order valence-corrected chi connectivity index (χ4v) is 6.50. The van der Waals surface area contributed by atoms with Crippen molar-refractivity contribution in [2.75, 3.05) is 25.2 Å². The van der Waals surface area contributed by atoms with E-state index in [0.29, 0.717) is 18.0 Å². The van der Waals surface area contributed by atoms with E-state index in [1.54, 1.807) is 0 Å². The van der Waals surface area contributed by atoms with Gasteiger partial charge in [-0.2, -0.15) is 0 Å². The van der Waals surface area contributed by atoms with Gasteiger partial charge in [0, 0.05) is 24.2 Å². The predicted molar refractivity (Wildman–Crippen MR) is 164 cm³/mol. The quantitative estimate of drug-likeness (QED) is 0.234. The first-order valence-corrected chi connectivity index (χ1v) is 15.3. The minimum Gasteiger partial charge on any atom is -0.481 e. The summed E-state index contributed by atoms with van der Waals surface area (Å²) >= 11 is 0. The second kappa shape index (κ2) is 13.4. The normalized spacial score (nSPS) is 19.6. The van der Waals surface area contributed by atoms with Crippen LogP contribution in [0.4, 0.5) is 5.69 Å². The fraction of sp³-hybridized carbons (Fsp3) is 0.429. The lowest BCUT2D eigenvalue weighted by Crippen LogP contribution is -2.35. The summed E-state index contributed by atoms with van der Waals surface area (Å²) in [6.45, 7) is 7.04. The van der Waals surface area contributed by atoms with Gasteiger partial charge in [0.15, 0.2) is 11.5 Å². The van der Waals surface area contributed by atoms with E-state index in [1.807, 2.05) is 41.3 Å². The number of amides is 1. The van der Waals surface area contributed by atoms with Crippen LogP contribution < -0.4 is 14.8 Å². The lowest BCUT2D eigenvalue weighted by molar-refractivity contribution is -0.143. The number of nitrogens with zero attached hydrogens (tertiary/aromatic N) is 1. The Morgan fingerprint density at radius 1 is 0.905 bits per heavy atom. The van der Waals surface area contributed by atoms with Gasteiger partial charge in [0.2, 0.25) is 12.7 Å². The van der Waals surface area contributed by atoms with E-state index in [4.69, 9.17) is 9.47 Å². The molecule has 1 saturated heterocycles. The number of likely N-dealkylation sites (tertiary alicyclic amines) is 1. The molecule has 1 fully saturated rings. The van der Waals surface area contributed by atoms with Crippen LogP contribution in [0.5, 0.6) is 11.5 Å². The number of carboxylic acid groups (broad SMARTS) is 1. The minimum atomic E-state index is -0.873. The van der Waals surface area contributed by atoms with Gasteiger partial charge >= 0.3 is 5.97 Å². The topological polar surface area (TPSA) is 88.1 Å². The smallest absolute Gasteiger partial charge is 0.309 e. The lowest BCUT2D eigenvalue weighted by atomic mass is 9.82. The highest BCUT2D eigenvalue weighted by Gasteiger charge is 2.48. The standard InChI is InChI=1S/C35H42N2O5/c1-4-7-8-10-23-13-15-26(16-14-23)34-32(35(39)40)28(27-17-18-29-30(19-27)42-22-41-29)20-37(34)21-31(38)36-33-24(5-2)11-9-12-25(33)6-3/h9,11-19,28,32,34H,4-8,10,20-22H2,1-3H3,(H,36,38)(H,39,40)/t28-,32-,34+/m1/s1. The molecule has 2 aliphatic heterocycles. The Hall–Kier alpha value is -3.84. The number of carboxylic acids is 1. The van der Waals surface area contributed by atoms with Gasteiger partial charge in [0.05, 0.1) is 12.5 Å². The summed E-state index contributed by atoms with van der Waals surface area (Å²) in [7, 11) is 0. The van der Waals surface area contributed by atoms with Gasteiger partial charge in [-0.3, -0.25) is 14.5 Å². The molecule has 3 aromatic carbocycles. The van der Waals surface area contributed by atoms with Crippen molar-refractivity contribution in [1.82, 2.24) is 4.90 Å². The summed E-state index contributed by atoms with van der Waals surface area (Å²) < 4.78 is 11.1. The molecule has 7 nitrogen and oxygen atoms in total. The monoisotopic (exact) mass is 570 g/mol. The fourth-order valence-electron chi connectivity index (χ4n) is 6.50. The Labute approximate surface area is 248 Å². The molecule has 0 unspecified atom stereocenters. The maximum atomic E-state index is 13.6. The molecule has 0 spiro atoms. The Balaban J connectivity index is 1.46. The van der Waals surface area contributed by atoms with Crippen LogP contribution in [0.15, 0.2) is 60.7 Å².